The van der Waals surface area contributed by atoms with Gasteiger partial charge in [0.05, 0.1) is 28.2 Å². The van der Waals surface area contributed by atoms with E-state index in [0.29, 0.717) is 6.08 Å². The first-order valence-electron chi connectivity index (χ1n) is 19.2. The summed E-state index contributed by atoms with van der Waals surface area (Å²) in [4.78, 5) is 37.0. The van der Waals surface area contributed by atoms with Crippen molar-refractivity contribution >= 4 is 17.8 Å². The Bertz CT molecular complexity index is 1930. The zero-order chi connectivity index (χ0) is 61.8. The van der Waals surface area contributed by atoms with Crippen LogP contribution in [0.5, 0.6) is 0 Å². The van der Waals surface area contributed by atoms with Crippen LogP contribution in [0.4, 0.5) is 149 Å². The summed E-state index contributed by atoms with van der Waals surface area (Å²) in [6, 6.07) is 0. The number of nitrogens with one attached hydrogen (secondary N) is 2. The molecule has 2 amide bonds. The lowest BCUT2D eigenvalue weighted by molar-refractivity contribution is -0.906. The number of esters is 1. The van der Waals surface area contributed by atoms with Gasteiger partial charge in [0.1, 0.15) is 13.1 Å². The largest absolute Gasteiger partial charge is 0.460 e. The second-order valence-electron chi connectivity index (χ2n) is 17.3. The maximum absolute atomic E-state index is 14.3. The first-order chi connectivity index (χ1) is 32.7. The molecule has 0 aliphatic rings. The molecule has 0 atom stereocenters. The van der Waals surface area contributed by atoms with Crippen molar-refractivity contribution in [1.82, 2.24) is 10.6 Å². The van der Waals surface area contributed by atoms with Gasteiger partial charge >= 0.3 is 101 Å². The van der Waals surface area contributed by atoms with Gasteiger partial charge in [-0.25, -0.2) is 4.79 Å². The van der Waals surface area contributed by atoms with Gasteiger partial charge in [0.2, 0.25) is 0 Å². The Morgan fingerprint density at radius 1 is 0.395 bits per heavy atom. The van der Waals surface area contributed by atoms with Gasteiger partial charge in [0.15, 0.2) is 19.2 Å². The first-order valence-corrected chi connectivity index (χ1v) is 19.2. The lowest BCUT2D eigenvalue weighted by Gasteiger charge is -2.42. The van der Waals surface area contributed by atoms with Gasteiger partial charge in [-0.1, -0.05) is 6.58 Å². The van der Waals surface area contributed by atoms with Crippen LogP contribution < -0.4 is 10.6 Å². The van der Waals surface area contributed by atoms with Crippen molar-refractivity contribution in [3.05, 3.63) is 12.7 Å². The second kappa shape index (κ2) is 21.1. The Balaban J connectivity index is 6.18. The van der Waals surface area contributed by atoms with Gasteiger partial charge in [-0.3, -0.25) is 9.59 Å². The first kappa shape index (κ1) is 71.7. The van der Waals surface area contributed by atoms with E-state index in [2.05, 4.69) is 6.58 Å². The molecule has 8 nitrogen and oxygen atoms in total. The Labute approximate surface area is 400 Å². The highest BCUT2D eigenvalue weighted by Gasteiger charge is 2.97. The van der Waals surface area contributed by atoms with Crippen LogP contribution in [0.25, 0.3) is 0 Å². The zero-order valence-corrected chi connectivity index (χ0v) is 37.4. The Morgan fingerprint density at radius 3 is 0.816 bits per heavy atom. The minimum Gasteiger partial charge on any atom is -0.447 e. The molecule has 0 radical (unpaired) electrons. The fraction of sp³-hybridized carbons (Fsp3) is 0.853. The molecule has 42 heteroatoms. The molecule has 0 saturated carbocycles. The molecule has 0 heterocycles. The summed E-state index contributed by atoms with van der Waals surface area (Å²) in [5, 5.41) is 2.49. The van der Waals surface area contributed by atoms with Crippen molar-refractivity contribution in [2.24, 2.45) is 0 Å². The normalized spacial score (nSPS) is 15.7. The second-order valence-corrected chi connectivity index (χ2v) is 17.3. The standard InChI is InChI=1S/C34H32F34N4O4/c1-6-18(75)76-15(11-71(2,3)13-16(73)69-9-7-19(35,36)21(39,40)23(43,44)25(47,48)27(51,52)29(55,56)31(59,60)33(63,64)65)12-72(4,5)14-17(74)70-10-8-20(37,38)22(41,42)24(45,46)26(49,50)28(53,54)30(57,58)32(61,62)34(66,67)68/h6,15H,1,7-14H2,2-5H3/p+2. The molecule has 0 saturated heterocycles. The van der Waals surface area contributed by atoms with Crippen molar-refractivity contribution < 1.29 is 177 Å². The molecule has 2 N–H and O–H groups in total. The average molecular weight is 1210 g/mol. The third-order valence-corrected chi connectivity index (χ3v) is 10.1. The molecule has 0 aromatic carbocycles. The Kier molecular flexibility index (Phi) is 19.9. The van der Waals surface area contributed by atoms with Crippen LogP contribution in [0.2, 0.25) is 0 Å². The fourth-order valence-electron chi connectivity index (χ4n) is 5.89. The highest BCUT2D eigenvalue weighted by Crippen LogP contribution is 2.66. The van der Waals surface area contributed by atoms with Crippen LogP contribution in [0.1, 0.15) is 12.8 Å². The number of quaternary nitrogens is 2. The number of likely N-dealkylation sites (N-methyl/N-ethyl adjacent to an activating group) is 2. The summed E-state index contributed by atoms with van der Waals surface area (Å²) in [7, 11) is 3.63. The quantitative estimate of drug-likeness (QED) is 0.0354. The molecule has 0 bridgehead atoms. The number of hydrogen-bond donors (Lipinski definition) is 2. The van der Waals surface area contributed by atoms with Crippen LogP contribution in [0, 0.1) is 0 Å². The number of nitrogens with zero attached hydrogens (tertiary/aromatic N) is 2. The molecule has 0 rings (SSSR count). The smallest absolute Gasteiger partial charge is 0.447 e. The SMILES string of the molecule is C=CC(=O)OC(C[N+](C)(C)CC(=O)NCCC(F)(F)C(F)(F)C(F)(F)C(F)(F)C(F)(F)C(F)(F)C(F)(F)C(F)(F)F)C[N+](C)(C)CC(=O)NCCC(F)(F)C(F)(F)C(F)(F)C(F)(F)C(F)(F)C(F)(F)C(F)(F)C(F)(F)F. The lowest BCUT2D eigenvalue weighted by Crippen LogP contribution is -2.74. The van der Waals surface area contributed by atoms with E-state index >= 15 is 0 Å². The maximum atomic E-state index is 14.3. The van der Waals surface area contributed by atoms with E-state index in [1.165, 1.54) is 10.6 Å². The van der Waals surface area contributed by atoms with Gasteiger partial charge in [-0.15, -0.1) is 0 Å². The minimum atomic E-state index is -8.91. The zero-order valence-electron chi connectivity index (χ0n) is 37.4. The molecule has 0 fully saturated rings. The minimum absolute atomic E-state index is 0.409. The van der Waals surface area contributed by atoms with E-state index < -0.39 is 180 Å². The van der Waals surface area contributed by atoms with Crippen LogP contribution in [-0.2, 0) is 19.1 Å². The van der Waals surface area contributed by atoms with Crippen molar-refractivity contribution in [1.29, 1.82) is 0 Å². The fourth-order valence-corrected chi connectivity index (χ4v) is 5.89. The van der Waals surface area contributed by atoms with Crippen molar-refractivity contribution in [2.75, 3.05) is 67.5 Å². The summed E-state index contributed by atoms with van der Waals surface area (Å²) in [6.45, 7) is -5.36. The van der Waals surface area contributed by atoms with E-state index in [1.54, 1.807) is 0 Å². The lowest BCUT2D eigenvalue weighted by atomic mass is 9.88. The van der Waals surface area contributed by atoms with E-state index in [0.717, 1.165) is 28.2 Å². The average Bonchev–Trinajstić information content (AvgIpc) is 3.17. The summed E-state index contributed by atoms with van der Waals surface area (Å²) >= 11 is 0. The van der Waals surface area contributed by atoms with Crippen LogP contribution in [0.3, 0.4) is 0 Å². The molecular weight excluding hydrogens is 1170 g/mol. The summed E-state index contributed by atoms with van der Waals surface area (Å²) in [5.41, 5.74) is 0. The van der Waals surface area contributed by atoms with Gasteiger partial charge in [0.25, 0.3) is 11.8 Å². The predicted octanol–water partition coefficient (Wildman–Crippen LogP) is 10.3. The van der Waals surface area contributed by atoms with E-state index in [4.69, 9.17) is 4.74 Å². The van der Waals surface area contributed by atoms with E-state index in [-0.39, 0.29) is 0 Å². The number of alkyl halides is 34. The predicted molar refractivity (Wildman–Crippen MR) is 180 cm³/mol. The van der Waals surface area contributed by atoms with Crippen LogP contribution in [-0.4, -0.2) is 196 Å². The molecule has 0 aromatic rings. The number of amides is 2. The van der Waals surface area contributed by atoms with Crippen LogP contribution >= 0.6 is 0 Å². The summed E-state index contributed by atoms with van der Waals surface area (Å²) in [5.74, 6) is -122. The molecular formula is C34H34F34N4O4+2. The number of halogens is 34. The van der Waals surface area contributed by atoms with Gasteiger partial charge in [-0.05, 0) is 0 Å². The molecule has 0 aliphatic heterocycles. The number of hydrogen-bond acceptors (Lipinski definition) is 4. The molecule has 450 valence electrons. The third-order valence-electron chi connectivity index (χ3n) is 10.1. The molecule has 0 aromatic heterocycles. The third kappa shape index (κ3) is 12.6. The van der Waals surface area contributed by atoms with Gasteiger partial charge in [-0.2, -0.15) is 149 Å². The maximum Gasteiger partial charge on any atom is 0.460 e. The van der Waals surface area contributed by atoms with Crippen molar-refractivity contribution in [3.8, 4) is 0 Å². The van der Waals surface area contributed by atoms with E-state index in [9.17, 15) is 164 Å². The molecule has 76 heavy (non-hydrogen) atoms. The Hall–Kier alpha value is -4.31. The monoisotopic (exact) mass is 1210 g/mol. The molecule has 0 aliphatic carbocycles. The van der Waals surface area contributed by atoms with Crippen molar-refractivity contribution in [3.63, 3.8) is 0 Å². The summed E-state index contributed by atoms with van der Waals surface area (Å²) < 4.78 is 463. The highest BCUT2D eigenvalue weighted by molar-refractivity contribution is 5.81. The molecule has 0 unspecified atom stereocenters. The number of ether oxygens (including phenoxy) is 1. The van der Waals surface area contributed by atoms with E-state index in [1.807, 2.05) is 0 Å². The Morgan fingerprint density at radius 2 is 0.605 bits per heavy atom. The number of carbonyl (C=O) groups is 3. The molecule has 0 spiro atoms. The number of carbonyl (C=O) groups excluding carboxylic acids is 3. The topological polar surface area (TPSA) is 84.5 Å². The summed E-state index contributed by atoms with van der Waals surface area (Å²) in [6.07, 6.45) is -23.5. The van der Waals surface area contributed by atoms with Gasteiger partial charge in [0, 0.05) is 32.0 Å². The number of rotatable bonds is 28. The van der Waals surface area contributed by atoms with Crippen LogP contribution in [0.15, 0.2) is 12.7 Å². The van der Waals surface area contributed by atoms with Gasteiger partial charge < -0.3 is 24.3 Å². The van der Waals surface area contributed by atoms with Crippen molar-refractivity contribution in [2.45, 2.75) is 114 Å². The highest BCUT2D eigenvalue weighted by atomic mass is 19.4.